The van der Waals surface area contributed by atoms with Crippen LogP contribution in [0.4, 0.5) is 5.69 Å². The molecule has 2 heterocycles. The Morgan fingerprint density at radius 1 is 1.07 bits per heavy atom. The van der Waals surface area contributed by atoms with Crippen LogP contribution in [-0.2, 0) is 17.6 Å². The first-order chi connectivity index (χ1) is 13.2. The Bertz CT molecular complexity index is 946. The SMILES string of the molecule is CCc1ccc(-c2noc(C3CC(=O)N(c4ccccc4CC)C3)n2)cc1. The molecule has 2 aromatic carbocycles. The van der Waals surface area contributed by atoms with Gasteiger partial charge in [0.05, 0.1) is 5.92 Å². The zero-order valence-corrected chi connectivity index (χ0v) is 15.7. The van der Waals surface area contributed by atoms with Gasteiger partial charge in [-0.05, 0) is 30.0 Å². The normalized spacial score (nSPS) is 16.9. The van der Waals surface area contributed by atoms with Crippen LogP contribution in [0.1, 0.15) is 43.2 Å². The van der Waals surface area contributed by atoms with Gasteiger partial charge in [-0.3, -0.25) is 4.79 Å². The molecule has 1 fully saturated rings. The van der Waals surface area contributed by atoms with E-state index in [0.717, 1.165) is 24.1 Å². The van der Waals surface area contributed by atoms with Gasteiger partial charge in [-0.25, -0.2) is 0 Å². The number of amides is 1. The summed E-state index contributed by atoms with van der Waals surface area (Å²) < 4.78 is 5.51. The van der Waals surface area contributed by atoms with Crippen molar-refractivity contribution in [1.29, 1.82) is 0 Å². The van der Waals surface area contributed by atoms with Crippen LogP contribution in [-0.4, -0.2) is 22.6 Å². The first-order valence-electron chi connectivity index (χ1n) is 9.50. The van der Waals surface area contributed by atoms with Crippen molar-refractivity contribution in [2.45, 2.75) is 39.0 Å². The summed E-state index contributed by atoms with van der Waals surface area (Å²) in [6.45, 7) is 4.80. The lowest BCUT2D eigenvalue weighted by Gasteiger charge is -2.19. The minimum Gasteiger partial charge on any atom is -0.339 e. The molecule has 138 valence electrons. The molecular formula is C22H23N3O2. The van der Waals surface area contributed by atoms with E-state index < -0.39 is 0 Å². The van der Waals surface area contributed by atoms with Crippen molar-refractivity contribution in [3.05, 3.63) is 65.5 Å². The van der Waals surface area contributed by atoms with Crippen LogP contribution in [0, 0.1) is 0 Å². The summed E-state index contributed by atoms with van der Waals surface area (Å²) in [5, 5.41) is 4.13. The molecule has 1 aliphatic rings. The van der Waals surface area contributed by atoms with E-state index in [1.165, 1.54) is 11.1 Å². The summed E-state index contributed by atoms with van der Waals surface area (Å²) in [4.78, 5) is 19.0. The second-order valence-electron chi connectivity index (χ2n) is 6.89. The molecule has 1 saturated heterocycles. The Labute approximate surface area is 159 Å². The molecule has 1 unspecified atom stereocenters. The summed E-state index contributed by atoms with van der Waals surface area (Å²) in [6.07, 6.45) is 2.29. The summed E-state index contributed by atoms with van der Waals surface area (Å²) >= 11 is 0. The van der Waals surface area contributed by atoms with Crippen LogP contribution >= 0.6 is 0 Å². The van der Waals surface area contributed by atoms with Gasteiger partial charge in [0, 0.05) is 24.2 Å². The molecule has 1 aromatic heterocycles. The molecule has 1 aliphatic heterocycles. The summed E-state index contributed by atoms with van der Waals surface area (Å²) in [7, 11) is 0. The largest absolute Gasteiger partial charge is 0.339 e. The number of carbonyl (C=O) groups excluding carboxylic acids is 1. The van der Waals surface area contributed by atoms with Crippen LogP contribution in [0.2, 0.25) is 0 Å². The van der Waals surface area contributed by atoms with Gasteiger partial charge in [0.1, 0.15) is 0 Å². The lowest BCUT2D eigenvalue weighted by molar-refractivity contribution is -0.117. The quantitative estimate of drug-likeness (QED) is 0.676. The molecule has 5 heteroatoms. The third-order valence-electron chi connectivity index (χ3n) is 5.20. The van der Waals surface area contributed by atoms with E-state index in [2.05, 4.69) is 42.2 Å². The fourth-order valence-electron chi connectivity index (χ4n) is 3.59. The van der Waals surface area contributed by atoms with E-state index in [1.807, 2.05) is 35.2 Å². The van der Waals surface area contributed by atoms with Crippen LogP contribution in [0.3, 0.4) is 0 Å². The highest BCUT2D eigenvalue weighted by atomic mass is 16.5. The standard InChI is InChI=1S/C22H23N3O2/c1-3-15-9-11-17(12-10-15)21-23-22(27-24-21)18-13-20(26)25(14-18)19-8-6-5-7-16(19)4-2/h5-12,18H,3-4,13-14H2,1-2H3. The first kappa shape index (κ1) is 17.5. The highest BCUT2D eigenvalue weighted by Gasteiger charge is 2.35. The third-order valence-corrected chi connectivity index (χ3v) is 5.20. The molecule has 0 spiro atoms. The maximum atomic E-state index is 12.6. The topological polar surface area (TPSA) is 59.2 Å². The minimum atomic E-state index is -0.0708. The number of aromatic nitrogens is 2. The monoisotopic (exact) mass is 361 g/mol. The number of rotatable bonds is 5. The molecule has 0 N–H and O–H groups in total. The molecule has 3 aromatic rings. The van der Waals surface area contributed by atoms with Gasteiger partial charge in [-0.1, -0.05) is 61.5 Å². The molecule has 0 bridgehead atoms. The van der Waals surface area contributed by atoms with E-state index in [9.17, 15) is 4.79 Å². The number of hydrogen-bond acceptors (Lipinski definition) is 4. The van der Waals surface area contributed by atoms with E-state index in [4.69, 9.17) is 4.52 Å². The predicted octanol–water partition coefficient (Wildman–Crippen LogP) is 4.38. The van der Waals surface area contributed by atoms with Gasteiger partial charge in [0.25, 0.3) is 0 Å². The third kappa shape index (κ3) is 3.37. The van der Waals surface area contributed by atoms with Crippen LogP contribution in [0.5, 0.6) is 0 Å². The Morgan fingerprint density at radius 3 is 2.59 bits per heavy atom. The lowest BCUT2D eigenvalue weighted by atomic mass is 10.1. The smallest absolute Gasteiger partial charge is 0.232 e. The van der Waals surface area contributed by atoms with Crippen LogP contribution in [0.25, 0.3) is 11.4 Å². The molecule has 0 aliphatic carbocycles. The highest BCUT2D eigenvalue weighted by Crippen LogP contribution is 2.33. The molecule has 1 amide bonds. The van der Waals surface area contributed by atoms with Crippen molar-refractivity contribution >= 4 is 11.6 Å². The summed E-state index contributed by atoms with van der Waals surface area (Å²) in [5.41, 5.74) is 4.37. The van der Waals surface area contributed by atoms with E-state index >= 15 is 0 Å². The van der Waals surface area contributed by atoms with Gasteiger partial charge in [-0.2, -0.15) is 4.98 Å². The van der Waals surface area contributed by atoms with Crippen LogP contribution < -0.4 is 4.90 Å². The van der Waals surface area contributed by atoms with Gasteiger partial charge in [0.15, 0.2) is 0 Å². The van der Waals surface area contributed by atoms with Crippen molar-refractivity contribution < 1.29 is 9.32 Å². The summed E-state index contributed by atoms with van der Waals surface area (Å²) in [6, 6.07) is 16.2. The molecule has 5 nitrogen and oxygen atoms in total. The molecule has 0 saturated carbocycles. The van der Waals surface area contributed by atoms with Crippen molar-refractivity contribution in [1.82, 2.24) is 10.1 Å². The number of aryl methyl sites for hydroxylation is 2. The zero-order valence-electron chi connectivity index (χ0n) is 15.7. The van der Waals surface area contributed by atoms with Gasteiger partial charge in [-0.15, -0.1) is 0 Å². The molecule has 0 radical (unpaired) electrons. The number of para-hydroxylation sites is 1. The number of hydrogen-bond donors (Lipinski definition) is 0. The van der Waals surface area contributed by atoms with Gasteiger partial charge in [0.2, 0.25) is 17.6 Å². The zero-order chi connectivity index (χ0) is 18.8. The van der Waals surface area contributed by atoms with Crippen molar-refractivity contribution in [2.75, 3.05) is 11.4 Å². The van der Waals surface area contributed by atoms with Crippen molar-refractivity contribution in [3.8, 4) is 11.4 Å². The van der Waals surface area contributed by atoms with Crippen LogP contribution in [0.15, 0.2) is 53.1 Å². The predicted molar refractivity (Wildman–Crippen MR) is 105 cm³/mol. The second-order valence-corrected chi connectivity index (χ2v) is 6.89. The Morgan fingerprint density at radius 2 is 1.85 bits per heavy atom. The Hall–Kier alpha value is -2.95. The molecule has 27 heavy (non-hydrogen) atoms. The maximum Gasteiger partial charge on any atom is 0.232 e. The maximum absolute atomic E-state index is 12.6. The number of nitrogens with zero attached hydrogens (tertiary/aromatic N) is 3. The van der Waals surface area contributed by atoms with E-state index in [1.54, 1.807) is 0 Å². The average molecular weight is 361 g/mol. The highest BCUT2D eigenvalue weighted by molar-refractivity contribution is 5.97. The fourth-order valence-corrected chi connectivity index (χ4v) is 3.59. The van der Waals surface area contributed by atoms with Gasteiger partial charge < -0.3 is 9.42 Å². The number of benzene rings is 2. The van der Waals surface area contributed by atoms with E-state index in [-0.39, 0.29) is 11.8 Å². The average Bonchev–Trinajstić information content (AvgIpc) is 3.35. The lowest BCUT2D eigenvalue weighted by Crippen LogP contribution is -2.25. The van der Waals surface area contributed by atoms with Crippen molar-refractivity contribution in [2.24, 2.45) is 0 Å². The van der Waals surface area contributed by atoms with Crippen molar-refractivity contribution in [3.63, 3.8) is 0 Å². The second kappa shape index (κ2) is 7.35. The minimum absolute atomic E-state index is 0.0708. The summed E-state index contributed by atoms with van der Waals surface area (Å²) in [5.74, 6) is 1.15. The van der Waals surface area contributed by atoms with E-state index in [0.29, 0.717) is 24.7 Å². The van der Waals surface area contributed by atoms with Gasteiger partial charge >= 0.3 is 0 Å². The first-order valence-corrected chi connectivity index (χ1v) is 9.50. The number of carbonyl (C=O) groups is 1. The molecule has 1 atom stereocenters. The Kier molecular flexibility index (Phi) is 4.75. The molecule has 4 rings (SSSR count). The fraction of sp³-hybridized carbons (Fsp3) is 0.318. The Balaban J connectivity index is 1.55. The number of anilines is 1. The molecular weight excluding hydrogens is 338 g/mol.